The van der Waals surface area contributed by atoms with E-state index in [0.29, 0.717) is 6.54 Å². The minimum atomic E-state index is -0.671. The van der Waals surface area contributed by atoms with Gasteiger partial charge in [-0.2, -0.15) is 0 Å². The Bertz CT molecular complexity index is 327. The average molecular weight is 229 g/mol. The lowest BCUT2D eigenvalue weighted by Gasteiger charge is -2.20. The van der Waals surface area contributed by atoms with Gasteiger partial charge in [-0.15, -0.1) is 0 Å². The number of halogens is 2. The normalized spacial score (nSPS) is 11.6. The van der Waals surface area contributed by atoms with Gasteiger partial charge in [0.05, 0.1) is 0 Å². The van der Waals surface area contributed by atoms with Crippen LogP contribution in [0, 0.1) is 11.6 Å². The molecule has 0 radical (unpaired) electrons. The van der Waals surface area contributed by atoms with Crippen molar-refractivity contribution >= 4 is 0 Å². The van der Waals surface area contributed by atoms with E-state index in [1.807, 2.05) is 20.8 Å². The summed E-state index contributed by atoms with van der Waals surface area (Å²) in [6, 6.07) is 3.66. The van der Waals surface area contributed by atoms with Gasteiger partial charge in [0.2, 0.25) is 0 Å². The molecule has 0 unspecified atom stereocenters. The van der Waals surface area contributed by atoms with Gasteiger partial charge in [-0.05, 0) is 32.9 Å². The van der Waals surface area contributed by atoms with Gasteiger partial charge >= 0.3 is 0 Å². The van der Waals surface area contributed by atoms with Crippen LogP contribution >= 0.6 is 0 Å². The highest BCUT2D eigenvalue weighted by Gasteiger charge is 2.11. The maximum absolute atomic E-state index is 13.1. The molecule has 0 aliphatic heterocycles. The van der Waals surface area contributed by atoms with E-state index in [1.54, 1.807) is 0 Å². The number of hydrogen-bond acceptors (Lipinski definition) is 2. The van der Waals surface area contributed by atoms with Gasteiger partial charge in [0.15, 0.2) is 17.4 Å². The molecular formula is C12H17F2NO. The Labute approximate surface area is 94.6 Å². The van der Waals surface area contributed by atoms with Crippen LogP contribution in [0.25, 0.3) is 0 Å². The predicted octanol–water partition coefficient (Wildman–Crippen LogP) is 2.73. The summed E-state index contributed by atoms with van der Waals surface area (Å²) in [5, 5.41) is 3.16. The molecule has 0 spiro atoms. The van der Waals surface area contributed by atoms with Crippen molar-refractivity contribution in [2.45, 2.75) is 26.3 Å². The SMILES string of the molecule is CC(C)(C)NCCOc1c(F)cccc1F. The number of rotatable bonds is 4. The molecule has 2 nitrogen and oxygen atoms in total. The van der Waals surface area contributed by atoms with Crippen LogP contribution in [0.2, 0.25) is 0 Å². The summed E-state index contributed by atoms with van der Waals surface area (Å²) < 4.78 is 31.3. The molecule has 0 atom stereocenters. The summed E-state index contributed by atoms with van der Waals surface area (Å²) in [6.07, 6.45) is 0. The Morgan fingerprint density at radius 2 is 1.75 bits per heavy atom. The highest BCUT2D eigenvalue weighted by Crippen LogP contribution is 2.20. The first kappa shape index (κ1) is 12.9. The number of para-hydroxylation sites is 1. The largest absolute Gasteiger partial charge is 0.486 e. The van der Waals surface area contributed by atoms with Gasteiger partial charge in [0, 0.05) is 12.1 Å². The van der Waals surface area contributed by atoms with Crippen LogP contribution in [-0.2, 0) is 0 Å². The first-order valence-corrected chi connectivity index (χ1v) is 5.22. The van der Waals surface area contributed by atoms with Crippen LogP contribution in [0.4, 0.5) is 8.78 Å². The average Bonchev–Trinajstić information content (AvgIpc) is 2.14. The molecule has 0 fully saturated rings. The Balaban J connectivity index is 2.43. The molecule has 1 aromatic carbocycles. The number of ether oxygens (including phenoxy) is 1. The molecule has 4 heteroatoms. The van der Waals surface area contributed by atoms with Crippen molar-refractivity contribution in [2.75, 3.05) is 13.2 Å². The topological polar surface area (TPSA) is 21.3 Å². The molecule has 0 amide bonds. The zero-order valence-corrected chi connectivity index (χ0v) is 9.81. The van der Waals surface area contributed by atoms with Gasteiger partial charge in [0.1, 0.15) is 6.61 Å². The second kappa shape index (κ2) is 5.25. The number of nitrogens with one attached hydrogen (secondary N) is 1. The van der Waals surface area contributed by atoms with E-state index in [1.165, 1.54) is 18.2 Å². The van der Waals surface area contributed by atoms with Gasteiger partial charge in [-0.25, -0.2) is 8.78 Å². The molecule has 0 bridgehead atoms. The highest BCUT2D eigenvalue weighted by atomic mass is 19.1. The van der Waals surface area contributed by atoms with E-state index in [9.17, 15) is 8.78 Å². The molecule has 0 saturated carbocycles. The molecular weight excluding hydrogens is 212 g/mol. The number of benzene rings is 1. The molecule has 1 aromatic rings. The van der Waals surface area contributed by atoms with Crippen molar-refractivity contribution in [1.82, 2.24) is 5.32 Å². The molecule has 90 valence electrons. The van der Waals surface area contributed by atoms with E-state index in [4.69, 9.17) is 4.74 Å². The van der Waals surface area contributed by atoms with Gasteiger partial charge in [-0.3, -0.25) is 0 Å². The molecule has 0 aliphatic carbocycles. The minimum absolute atomic E-state index is 0.0306. The van der Waals surface area contributed by atoms with E-state index in [2.05, 4.69) is 5.32 Å². The van der Waals surface area contributed by atoms with Crippen molar-refractivity contribution in [3.8, 4) is 5.75 Å². The van der Waals surface area contributed by atoms with Crippen LogP contribution in [0.15, 0.2) is 18.2 Å². The van der Waals surface area contributed by atoms with Crippen molar-refractivity contribution in [3.05, 3.63) is 29.8 Å². The molecule has 1 N–H and O–H groups in total. The van der Waals surface area contributed by atoms with Gasteiger partial charge in [-0.1, -0.05) is 6.07 Å². The van der Waals surface area contributed by atoms with Crippen LogP contribution in [0.3, 0.4) is 0 Å². The quantitative estimate of drug-likeness (QED) is 0.801. The zero-order chi connectivity index (χ0) is 12.2. The second-order valence-corrected chi connectivity index (χ2v) is 4.58. The lowest BCUT2D eigenvalue weighted by Crippen LogP contribution is -2.38. The molecule has 0 aliphatic rings. The third-order valence-electron chi connectivity index (χ3n) is 1.92. The Morgan fingerprint density at radius 3 is 2.25 bits per heavy atom. The second-order valence-electron chi connectivity index (χ2n) is 4.58. The van der Waals surface area contributed by atoms with Crippen LogP contribution < -0.4 is 10.1 Å². The Kier molecular flexibility index (Phi) is 4.24. The predicted molar refractivity (Wildman–Crippen MR) is 59.6 cm³/mol. The summed E-state index contributed by atoms with van der Waals surface area (Å²) in [7, 11) is 0. The van der Waals surface area contributed by atoms with Crippen LogP contribution in [0.5, 0.6) is 5.75 Å². The molecule has 16 heavy (non-hydrogen) atoms. The summed E-state index contributed by atoms with van der Waals surface area (Å²) in [5.74, 6) is -1.65. The van der Waals surface area contributed by atoms with Crippen LogP contribution in [-0.4, -0.2) is 18.7 Å². The van der Waals surface area contributed by atoms with Crippen molar-refractivity contribution < 1.29 is 13.5 Å². The minimum Gasteiger partial charge on any atom is -0.486 e. The standard InChI is InChI=1S/C12H17F2NO/c1-12(2,3)15-7-8-16-11-9(13)5-4-6-10(11)14/h4-6,15H,7-8H2,1-3H3. The molecule has 0 aromatic heterocycles. The first-order valence-electron chi connectivity index (χ1n) is 5.22. The van der Waals surface area contributed by atoms with Gasteiger partial charge < -0.3 is 10.1 Å². The Morgan fingerprint density at radius 1 is 1.19 bits per heavy atom. The summed E-state index contributed by atoms with van der Waals surface area (Å²) in [4.78, 5) is 0. The van der Waals surface area contributed by atoms with Gasteiger partial charge in [0.25, 0.3) is 0 Å². The third-order valence-corrected chi connectivity index (χ3v) is 1.92. The highest BCUT2D eigenvalue weighted by molar-refractivity contribution is 5.25. The van der Waals surface area contributed by atoms with Crippen molar-refractivity contribution in [2.24, 2.45) is 0 Å². The molecule has 0 saturated heterocycles. The van der Waals surface area contributed by atoms with E-state index >= 15 is 0 Å². The zero-order valence-electron chi connectivity index (χ0n) is 9.81. The third kappa shape index (κ3) is 4.14. The summed E-state index contributed by atoms with van der Waals surface area (Å²) in [5.41, 5.74) is -0.0306. The van der Waals surface area contributed by atoms with E-state index in [-0.39, 0.29) is 17.9 Å². The lowest BCUT2D eigenvalue weighted by atomic mass is 10.1. The fraction of sp³-hybridized carbons (Fsp3) is 0.500. The molecule has 0 heterocycles. The fourth-order valence-corrected chi connectivity index (χ4v) is 1.20. The van der Waals surface area contributed by atoms with Crippen molar-refractivity contribution in [3.63, 3.8) is 0 Å². The summed E-state index contributed by atoms with van der Waals surface area (Å²) >= 11 is 0. The Hall–Kier alpha value is -1.16. The lowest BCUT2D eigenvalue weighted by molar-refractivity contribution is 0.267. The van der Waals surface area contributed by atoms with E-state index in [0.717, 1.165) is 0 Å². The summed E-state index contributed by atoms with van der Waals surface area (Å²) in [6.45, 7) is 6.80. The number of hydrogen-bond donors (Lipinski definition) is 1. The van der Waals surface area contributed by atoms with E-state index < -0.39 is 11.6 Å². The van der Waals surface area contributed by atoms with Crippen LogP contribution in [0.1, 0.15) is 20.8 Å². The molecule has 1 rings (SSSR count). The monoisotopic (exact) mass is 229 g/mol. The maximum Gasteiger partial charge on any atom is 0.190 e. The smallest absolute Gasteiger partial charge is 0.190 e. The fourth-order valence-electron chi connectivity index (χ4n) is 1.20. The maximum atomic E-state index is 13.1. The first-order chi connectivity index (χ1) is 7.40. The van der Waals surface area contributed by atoms with Crippen molar-refractivity contribution in [1.29, 1.82) is 0 Å².